The van der Waals surface area contributed by atoms with Gasteiger partial charge >= 0.3 is 18.1 Å². The lowest BCUT2D eigenvalue weighted by atomic mass is 10.1. The van der Waals surface area contributed by atoms with Crippen LogP contribution < -0.4 is 26.8 Å². The van der Waals surface area contributed by atoms with Crippen molar-refractivity contribution in [1.29, 1.82) is 0 Å². The number of amides is 6. The predicted molar refractivity (Wildman–Crippen MR) is 189 cm³/mol. The topological polar surface area (TPSA) is 214 Å². The van der Waals surface area contributed by atoms with Crippen LogP contribution in [0.4, 0.5) is 15.3 Å². The number of alkyl carbamates (subject to hydrolysis) is 1. The maximum absolute atomic E-state index is 13.6. The normalized spacial score (nSPS) is 19.0. The Morgan fingerprint density at radius 2 is 1.63 bits per heavy atom. The van der Waals surface area contributed by atoms with Crippen molar-refractivity contribution in [2.24, 2.45) is 5.73 Å². The van der Waals surface area contributed by atoms with Crippen molar-refractivity contribution in [2.45, 2.75) is 128 Å². The summed E-state index contributed by atoms with van der Waals surface area (Å²) >= 11 is 0. The summed E-state index contributed by atoms with van der Waals surface area (Å²) in [5, 5.41) is 14.5. The number of hydrogen-bond acceptors (Lipinski definition) is 8. The molecule has 2 aliphatic rings. The summed E-state index contributed by atoms with van der Waals surface area (Å²) in [4.78, 5) is 90.4. The zero-order chi connectivity index (χ0) is 37.6. The van der Waals surface area contributed by atoms with Crippen LogP contribution >= 0.6 is 0 Å². The van der Waals surface area contributed by atoms with Gasteiger partial charge in [0.1, 0.15) is 24.2 Å². The van der Waals surface area contributed by atoms with E-state index in [9.17, 15) is 33.6 Å². The maximum Gasteiger partial charge on any atom is 0.408 e. The first kappa shape index (κ1) is 40.8. The van der Waals surface area contributed by atoms with Crippen molar-refractivity contribution in [3.63, 3.8) is 0 Å². The number of ether oxygens (including phenoxy) is 1. The molecule has 3 unspecified atom stereocenters. The molecule has 16 heteroatoms. The number of hydrogen-bond donors (Lipinski definition) is 4. The summed E-state index contributed by atoms with van der Waals surface area (Å²) in [5.41, 5.74) is 4.85. The molecule has 284 valence electrons. The van der Waals surface area contributed by atoms with Crippen molar-refractivity contribution in [3.8, 4) is 0 Å². The Kier molecular flexibility index (Phi) is 15.7. The van der Waals surface area contributed by atoms with Gasteiger partial charge in [-0.05, 0) is 58.9 Å². The number of carboxylic acids is 1. The number of unbranched alkanes of at least 4 members (excludes halogenated alkanes) is 8. The monoisotopic (exact) mass is 717 g/mol. The predicted octanol–water partition coefficient (Wildman–Crippen LogP) is 2.56. The van der Waals surface area contributed by atoms with Gasteiger partial charge in [-0.2, -0.15) is 0 Å². The summed E-state index contributed by atoms with van der Waals surface area (Å²) in [6, 6.07) is 0.369. The number of rotatable bonds is 18. The minimum absolute atomic E-state index is 0.0624. The minimum Gasteiger partial charge on any atom is -0.480 e. The first-order chi connectivity index (χ1) is 24.2. The average molecular weight is 718 g/mol. The van der Waals surface area contributed by atoms with Gasteiger partial charge in [0.25, 0.3) is 5.56 Å². The largest absolute Gasteiger partial charge is 0.480 e. The van der Waals surface area contributed by atoms with E-state index in [1.165, 1.54) is 28.1 Å². The van der Waals surface area contributed by atoms with Crippen LogP contribution in [0.15, 0.2) is 23.1 Å². The number of aromatic nitrogens is 1. The van der Waals surface area contributed by atoms with Crippen molar-refractivity contribution >= 4 is 42.0 Å². The number of pyridine rings is 1. The lowest BCUT2D eigenvalue weighted by Crippen LogP contribution is -2.61. The fraction of sp³-hybridized carbons (Fsp3) is 0.686. The van der Waals surface area contributed by atoms with Gasteiger partial charge in [0.05, 0.1) is 12.2 Å². The molecule has 16 nitrogen and oxygen atoms in total. The molecule has 3 rings (SSSR count). The van der Waals surface area contributed by atoms with E-state index in [0.29, 0.717) is 51.0 Å². The second-order valence-corrected chi connectivity index (χ2v) is 14.3. The highest BCUT2D eigenvalue weighted by atomic mass is 16.6. The molecule has 0 radical (unpaired) electrons. The molecule has 2 fully saturated rings. The molecule has 0 spiro atoms. The van der Waals surface area contributed by atoms with Gasteiger partial charge in [-0.1, -0.05) is 44.9 Å². The number of aliphatic carboxylic acids is 1. The SMILES string of the molecule is CC(C)(C)OC(=O)NC1CN(C(=O)NCCCCCCCCCCCN(C=O)c2ccc(=O)n(CC(=O)O)c2)CCC2CCC(C(N)=O)N2C1=O. The molecule has 3 heterocycles. The highest BCUT2D eigenvalue weighted by Gasteiger charge is 2.45. The van der Waals surface area contributed by atoms with Gasteiger partial charge in [0, 0.05) is 37.9 Å². The van der Waals surface area contributed by atoms with Gasteiger partial charge < -0.3 is 45.5 Å². The third kappa shape index (κ3) is 13.2. The summed E-state index contributed by atoms with van der Waals surface area (Å²) in [6.45, 7) is 5.92. The Morgan fingerprint density at radius 1 is 0.980 bits per heavy atom. The molecule has 51 heavy (non-hydrogen) atoms. The molecule has 1 aromatic heterocycles. The van der Waals surface area contributed by atoms with Gasteiger partial charge in [-0.3, -0.25) is 24.0 Å². The van der Waals surface area contributed by atoms with Crippen LogP contribution in [0.5, 0.6) is 0 Å². The molecule has 0 aliphatic carbocycles. The number of carbonyl (C=O) groups excluding carboxylic acids is 5. The lowest BCUT2D eigenvalue weighted by molar-refractivity contribution is -0.142. The molecule has 2 aliphatic heterocycles. The van der Waals surface area contributed by atoms with Gasteiger partial charge in [-0.15, -0.1) is 0 Å². The zero-order valence-electron chi connectivity index (χ0n) is 30.1. The van der Waals surface area contributed by atoms with Crippen molar-refractivity contribution in [1.82, 2.24) is 25.0 Å². The second kappa shape index (κ2) is 19.7. The van der Waals surface area contributed by atoms with Crippen LogP contribution in [-0.4, -0.2) is 106 Å². The van der Waals surface area contributed by atoms with Gasteiger partial charge in [-0.25, -0.2) is 9.59 Å². The summed E-state index contributed by atoms with van der Waals surface area (Å²) < 4.78 is 6.43. The summed E-state index contributed by atoms with van der Waals surface area (Å²) in [7, 11) is 0. The fourth-order valence-corrected chi connectivity index (χ4v) is 6.55. The van der Waals surface area contributed by atoms with Crippen LogP contribution in [-0.2, 0) is 30.5 Å². The minimum atomic E-state index is -1.13. The van der Waals surface area contributed by atoms with Crippen LogP contribution in [0.25, 0.3) is 0 Å². The van der Waals surface area contributed by atoms with E-state index in [1.54, 1.807) is 25.7 Å². The van der Waals surface area contributed by atoms with E-state index in [1.807, 2.05) is 0 Å². The molecule has 3 atom stereocenters. The molecule has 0 aromatic carbocycles. The Hall–Kier alpha value is -4.63. The maximum atomic E-state index is 13.6. The Morgan fingerprint density at radius 3 is 2.24 bits per heavy atom. The average Bonchev–Trinajstić information content (AvgIpc) is 3.47. The first-order valence-corrected chi connectivity index (χ1v) is 18.0. The van der Waals surface area contributed by atoms with Gasteiger partial charge in [0.15, 0.2) is 0 Å². The number of nitrogens with one attached hydrogen (secondary N) is 2. The first-order valence-electron chi connectivity index (χ1n) is 18.0. The second-order valence-electron chi connectivity index (χ2n) is 14.3. The number of urea groups is 1. The molecular formula is C35H55N7O9. The zero-order valence-corrected chi connectivity index (χ0v) is 30.1. The summed E-state index contributed by atoms with van der Waals surface area (Å²) in [5.74, 6) is -2.17. The quantitative estimate of drug-likeness (QED) is 0.130. The van der Waals surface area contributed by atoms with Crippen molar-refractivity contribution in [2.75, 3.05) is 31.1 Å². The molecule has 0 bridgehead atoms. The van der Waals surface area contributed by atoms with E-state index in [4.69, 9.17) is 15.6 Å². The van der Waals surface area contributed by atoms with E-state index < -0.39 is 53.7 Å². The number of fused-ring (bicyclic) bond motifs is 1. The van der Waals surface area contributed by atoms with Gasteiger partial charge in [0.2, 0.25) is 18.2 Å². The highest BCUT2D eigenvalue weighted by molar-refractivity contribution is 5.92. The number of anilines is 1. The van der Waals surface area contributed by atoms with Crippen LogP contribution in [0, 0.1) is 0 Å². The van der Waals surface area contributed by atoms with E-state index >= 15 is 0 Å². The Bertz CT molecular complexity index is 1430. The molecule has 0 saturated carbocycles. The van der Waals surface area contributed by atoms with Crippen LogP contribution in [0.3, 0.4) is 0 Å². The molecule has 1 aromatic rings. The standard InChI is InChI=1S/C35H55N7O9/c1-35(2,3)51-34(50)38-27-22-39(20-17-25-13-15-28(31(36)47)42(25)32(27)48)33(49)37-18-11-9-7-5-4-6-8-10-12-19-40(24-43)26-14-16-29(44)41(21-26)23-30(45)46/h14,16,21,24-25,27-28H,4-13,15,17-20,22-23H2,1-3H3,(H2,36,47)(H,37,49)(H,38,50)(H,45,46). The number of carbonyl (C=O) groups is 6. The van der Waals surface area contributed by atoms with E-state index in [-0.39, 0.29) is 18.6 Å². The Balaban J connectivity index is 1.34. The number of primary amides is 1. The molecule has 5 N–H and O–H groups in total. The van der Waals surface area contributed by atoms with Crippen molar-refractivity contribution in [3.05, 3.63) is 28.7 Å². The van der Waals surface area contributed by atoms with Crippen molar-refractivity contribution < 1.29 is 38.6 Å². The molecular weight excluding hydrogens is 662 g/mol. The lowest BCUT2D eigenvalue weighted by Gasteiger charge is -2.38. The molecule has 6 amide bonds. The van der Waals surface area contributed by atoms with E-state index in [2.05, 4.69) is 10.6 Å². The third-order valence-electron chi connectivity index (χ3n) is 9.08. The fourth-order valence-electron chi connectivity index (χ4n) is 6.55. The van der Waals surface area contributed by atoms with Crippen LogP contribution in [0.2, 0.25) is 0 Å². The third-order valence-corrected chi connectivity index (χ3v) is 9.08. The Labute approximate surface area is 299 Å². The number of nitrogens with two attached hydrogens (primary N) is 1. The molecule has 2 saturated heterocycles. The number of nitrogens with zero attached hydrogens (tertiary/aromatic N) is 4. The highest BCUT2D eigenvalue weighted by Crippen LogP contribution is 2.29. The van der Waals surface area contributed by atoms with E-state index in [0.717, 1.165) is 62.4 Å². The van der Waals surface area contributed by atoms with Crippen LogP contribution in [0.1, 0.15) is 97.8 Å². The number of carboxylic acid groups (broad SMARTS) is 1. The summed E-state index contributed by atoms with van der Waals surface area (Å²) in [6.07, 6.45) is 11.5. The smallest absolute Gasteiger partial charge is 0.408 e.